The summed E-state index contributed by atoms with van der Waals surface area (Å²) in [4.78, 5) is 23.8. The van der Waals surface area contributed by atoms with Gasteiger partial charge < -0.3 is 0 Å². The van der Waals surface area contributed by atoms with Gasteiger partial charge in [0.1, 0.15) is 0 Å². The minimum Gasteiger partial charge on any atom is -0.273 e. The Bertz CT molecular complexity index is 803. The van der Waals surface area contributed by atoms with E-state index in [2.05, 4.69) is 21.1 Å². The maximum Gasteiger partial charge on any atom is 0.240 e. The van der Waals surface area contributed by atoms with Gasteiger partial charge in [0.15, 0.2) is 0 Å². The van der Waals surface area contributed by atoms with Crippen LogP contribution in [0.2, 0.25) is 0 Å². The molecule has 0 heterocycles. The Hall–Kier alpha value is -3.28. The van der Waals surface area contributed by atoms with E-state index in [-0.39, 0.29) is 11.8 Å². The van der Waals surface area contributed by atoms with Gasteiger partial charge in [-0.3, -0.25) is 9.59 Å². The van der Waals surface area contributed by atoms with E-state index < -0.39 is 0 Å². The molecule has 0 radical (unpaired) electrons. The van der Waals surface area contributed by atoms with Crippen molar-refractivity contribution in [1.82, 2.24) is 10.9 Å². The summed E-state index contributed by atoms with van der Waals surface area (Å²) in [6.07, 6.45) is 4.48. The maximum atomic E-state index is 11.9. The number of hydrogen-bond acceptors (Lipinski definition) is 4. The monoisotopic (exact) mass is 420 g/mol. The molecule has 164 valence electrons. The number of hydrogen-bond donors (Lipinski definition) is 2. The van der Waals surface area contributed by atoms with Gasteiger partial charge in [-0.05, 0) is 37.8 Å². The Morgan fingerprint density at radius 1 is 0.645 bits per heavy atom. The van der Waals surface area contributed by atoms with Crippen LogP contribution in [0.15, 0.2) is 70.9 Å². The Balaban J connectivity index is 1.54. The van der Waals surface area contributed by atoms with Gasteiger partial charge in [0.25, 0.3) is 0 Å². The Kier molecular flexibility index (Phi) is 10.7. The van der Waals surface area contributed by atoms with Crippen molar-refractivity contribution >= 4 is 23.2 Å². The van der Waals surface area contributed by atoms with Crippen molar-refractivity contribution in [3.63, 3.8) is 0 Å². The molecule has 31 heavy (non-hydrogen) atoms. The molecule has 0 saturated carbocycles. The fourth-order valence-electron chi connectivity index (χ4n) is 3.04. The van der Waals surface area contributed by atoms with E-state index in [0.717, 1.165) is 41.8 Å². The number of carbonyl (C=O) groups is 2. The van der Waals surface area contributed by atoms with E-state index in [1.807, 2.05) is 74.5 Å². The third-order valence-electron chi connectivity index (χ3n) is 4.66. The third kappa shape index (κ3) is 10.9. The molecule has 6 nitrogen and oxygen atoms in total. The van der Waals surface area contributed by atoms with Crippen LogP contribution in [0.5, 0.6) is 0 Å². The quantitative estimate of drug-likeness (QED) is 0.303. The van der Waals surface area contributed by atoms with Gasteiger partial charge in [0, 0.05) is 37.1 Å². The van der Waals surface area contributed by atoms with E-state index >= 15 is 0 Å². The molecular formula is C25H32N4O2. The number of hydrazone groups is 2. The molecule has 2 amide bonds. The van der Waals surface area contributed by atoms with Gasteiger partial charge in [-0.15, -0.1) is 0 Å². The summed E-state index contributed by atoms with van der Waals surface area (Å²) < 4.78 is 0. The topological polar surface area (TPSA) is 82.9 Å². The average molecular weight is 421 g/mol. The molecule has 2 rings (SSSR count). The van der Waals surface area contributed by atoms with Crippen molar-refractivity contribution in [2.45, 2.75) is 58.8 Å². The lowest BCUT2D eigenvalue weighted by atomic mass is 10.1. The van der Waals surface area contributed by atoms with Crippen LogP contribution in [0.1, 0.15) is 57.1 Å². The van der Waals surface area contributed by atoms with Crippen molar-refractivity contribution in [3.05, 3.63) is 71.8 Å². The molecule has 0 bridgehead atoms. The average Bonchev–Trinajstić information content (AvgIpc) is 2.77. The largest absolute Gasteiger partial charge is 0.273 e. The van der Waals surface area contributed by atoms with Crippen molar-refractivity contribution in [2.24, 2.45) is 10.2 Å². The second-order valence-electron chi connectivity index (χ2n) is 7.65. The minimum atomic E-state index is -0.0991. The molecule has 0 fully saturated rings. The van der Waals surface area contributed by atoms with Crippen LogP contribution in [0, 0.1) is 0 Å². The number of carbonyl (C=O) groups excluding carboxylic acids is 2. The second kappa shape index (κ2) is 13.9. The zero-order valence-corrected chi connectivity index (χ0v) is 18.4. The number of amides is 2. The summed E-state index contributed by atoms with van der Waals surface area (Å²) >= 11 is 0. The van der Waals surface area contributed by atoms with Gasteiger partial charge in [-0.2, -0.15) is 10.2 Å². The van der Waals surface area contributed by atoms with Crippen molar-refractivity contribution in [1.29, 1.82) is 0 Å². The van der Waals surface area contributed by atoms with Gasteiger partial charge >= 0.3 is 0 Å². The van der Waals surface area contributed by atoms with Crippen LogP contribution in [0.25, 0.3) is 0 Å². The van der Waals surface area contributed by atoms with Gasteiger partial charge in [0.05, 0.1) is 0 Å². The highest BCUT2D eigenvalue weighted by Gasteiger charge is 2.04. The van der Waals surface area contributed by atoms with Crippen molar-refractivity contribution in [2.75, 3.05) is 0 Å². The lowest BCUT2D eigenvalue weighted by molar-refractivity contribution is -0.121. The summed E-state index contributed by atoms with van der Waals surface area (Å²) in [6, 6.07) is 20.0. The molecule has 0 saturated heterocycles. The standard InChI is InChI=1S/C25H32N4O2/c1-20(18-22-12-6-3-7-13-22)26-28-24(30)16-10-5-11-17-25(31)29-27-21(2)19-23-14-8-4-9-15-23/h3-4,6-9,12-15H,5,10-11,16-19H2,1-2H3,(H,28,30)(H,29,31)/b26-20-,27-21-. The number of benzene rings is 2. The van der Waals surface area contributed by atoms with E-state index in [4.69, 9.17) is 0 Å². The molecule has 0 unspecified atom stereocenters. The fraction of sp³-hybridized carbons (Fsp3) is 0.360. The highest BCUT2D eigenvalue weighted by atomic mass is 16.2. The van der Waals surface area contributed by atoms with Crippen molar-refractivity contribution < 1.29 is 9.59 Å². The van der Waals surface area contributed by atoms with Crippen LogP contribution < -0.4 is 10.9 Å². The first-order valence-electron chi connectivity index (χ1n) is 10.7. The van der Waals surface area contributed by atoms with Crippen LogP contribution in [-0.2, 0) is 22.4 Å². The summed E-state index contributed by atoms with van der Waals surface area (Å²) in [7, 11) is 0. The first kappa shape index (κ1) is 24.0. The highest BCUT2D eigenvalue weighted by molar-refractivity contribution is 5.86. The van der Waals surface area contributed by atoms with Gasteiger partial charge in [-0.25, -0.2) is 10.9 Å². The molecule has 0 spiro atoms. The number of nitrogens with zero attached hydrogens (tertiary/aromatic N) is 2. The molecule has 0 aromatic heterocycles. The molecule has 6 heteroatoms. The van der Waals surface area contributed by atoms with Gasteiger partial charge in [0.2, 0.25) is 11.8 Å². The number of rotatable bonds is 12. The first-order valence-corrected chi connectivity index (χ1v) is 10.7. The first-order chi connectivity index (χ1) is 15.0. The van der Waals surface area contributed by atoms with Crippen molar-refractivity contribution in [3.8, 4) is 0 Å². The van der Waals surface area contributed by atoms with E-state index in [0.29, 0.717) is 25.7 Å². The van der Waals surface area contributed by atoms with Gasteiger partial charge in [-0.1, -0.05) is 67.1 Å². The third-order valence-corrected chi connectivity index (χ3v) is 4.66. The van der Waals surface area contributed by atoms with E-state index in [1.54, 1.807) is 0 Å². The lowest BCUT2D eigenvalue weighted by Crippen LogP contribution is -2.20. The molecule has 0 aliphatic rings. The minimum absolute atomic E-state index is 0.0991. The zero-order valence-electron chi connectivity index (χ0n) is 18.4. The van der Waals surface area contributed by atoms with Crippen LogP contribution in [-0.4, -0.2) is 23.2 Å². The molecular weight excluding hydrogens is 388 g/mol. The van der Waals surface area contributed by atoms with E-state index in [9.17, 15) is 9.59 Å². The normalized spacial score (nSPS) is 11.8. The Labute approximate surface area is 184 Å². The summed E-state index contributed by atoms with van der Waals surface area (Å²) in [5, 5.41) is 8.31. The molecule has 0 aliphatic heterocycles. The molecule has 0 aliphatic carbocycles. The molecule has 2 aromatic carbocycles. The predicted octanol–water partition coefficient (Wildman–Crippen LogP) is 4.41. The number of unbranched alkanes of at least 4 members (excludes halogenated alkanes) is 2. The van der Waals surface area contributed by atoms with E-state index in [1.165, 1.54) is 0 Å². The van der Waals surface area contributed by atoms with Crippen LogP contribution in [0.4, 0.5) is 0 Å². The zero-order chi connectivity index (χ0) is 22.3. The molecule has 2 N–H and O–H groups in total. The summed E-state index contributed by atoms with van der Waals surface area (Å²) in [6.45, 7) is 3.80. The summed E-state index contributed by atoms with van der Waals surface area (Å²) in [5.41, 5.74) is 9.26. The Morgan fingerprint density at radius 2 is 1.03 bits per heavy atom. The second-order valence-corrected chi connectivity index (χ2v) is 7.65. The number of nitrogens with one attached hydrogen (secondary N) is 2. The SMILES string of the molecule is C/C(Cc1ccccc1)=N/NC(=O)CCCCCC(=O)N/N=C(/C)Cc1ccccc1. The smallest absolute Gasteiger partial charge is 0.240 e. The molecule has 0 atom stereocenters. The fourth-order valence-corrected chi connectivity index (χ4v) is 3.04. The maximum absolute atomic E-state index is 11.9. The molecule has 2 aromatic rings. The van der Waals surface area contributed by atoms with Crippen LogP contribution >= 0.6 is 0 Å². The highest BCUT2D eigenvalue weighted by Crippen LogP contribution is 2.04. The summed E-state index contributed by atoms with van der Waals surface area (Å²) in [5.74, 6) is -0.198. The lowest BCUT2D eigenvalue weighted by Gasteiger charge is -2.04. The van der Waals surface area contributed by atoms with Crippen LogP contribution in [0.3, 0.4) is 0 Å². The Morgan fingerprint density at radius 3 is 1.42 bits per heavy atom. The predicted molar refractivity (Wildman–Crippen MR) is 126 cm³/mol.